The second kappa shape index (κ2) is 7.10. The van der Waals surface area contributed by atoms with Crippen molar-refractivity contribution in [2.45, 2.75) is 33.2 Å². The highest BCUT2D eigenvalue weighted by atomic mass is 16.5. The van der Waals surface area contributed by atoms with Gasteiger partial charge in [0.05, 0.1) is 7.11 Å². The lowest BCUT2D eigenvalue weighted by molar-refractivity contribution is 0.0652. The van der Waals surface area contributed by atoms with Crippen LogP contribution in [0.1, 0.15) is 34.8 Å². The molecule has 3 aromatic rings. The predicted octanol–water partition coefficient (Wildman–Crippen LogP) is 3.81. The third kappa shape index (κ3) is 3.31. The minimum absolute atomic E-state index is 0.0140. The Balaban J connectivity index is 1.45. The number of hydrogen-bond acceptors (Lipinski definition) is 4. The van der Waals surface area contributed by atoms with Crippen molar-refractivity contribution in [1.82, 2.24) is 14.5 Å². The van der Waals surface area contributed by atoms with E-state index in [0.29, 0.717) is 17.3 Å². The highest BCUT2D eigenvalue weighted by Gasteiger charge is 2.28. The molecule has 1 aliphatic rings. The van der Waals surface area contributed by atoms with Crippen LogP contribution in [-0.4, -0.2) is 40.6 Å². The van der Waals surface area contributed by atoms with Gasteiger partial charge in [-0.2, -0.15) is 0 Å². The first kappa shape index (κ1) is 17.6. The van der Waals surface area contributed by atoms with Gasteiger partial charge in [0.15, 0.2) is 5.76 Å². The van der Waals surface area contributed by atoms with Gasteiger partial charge < -0.3 is 18.6 Å². The third-order valence-electron chi connectivity index (χ3n) is 5.62. The molecule has 142 valence electrons. The Kier molecular flexibility index (Phi) is 4.64. The highest BCUT2D eigenvalue weighted by Crippen LogP contribution is 2.30. The van der Waals surface area contributed by atoms with E-state index in [0.717, 1.165) is 55.0 Å². The number of benzene rings is 1. The van der Waals surface area contributed by atoms with Crippen molar-refractivity contribution in [2.24, 2.45) is 5.92 Å². The minimum atomic E-state index is -0.0140. The molecule has 0 bridgehead atoms. The summed E-state index contributed by atoms with van der Waals surface area (Å²) in [5.41, 5.74) is 1.59. The van der Waals surface area contributed by atoms with Crippen LogP contribution in [-0.2, 0) is 6.54 Å². The zero-order valence-electron chi connectivity index (χ0n) is 16.1. The van der Waals surface area contributed by atoms with Crippen LogP contribution < -0.4 is 4.74 Å². The molecule has 6 nitrogen and oxygen atoms in total. The number of hydrogen-bond donors (Lipinski definition) is 0. The second-order valence-electron chi connectivity index (χ2n) is 7.28. The minimum Gasteiger partial charge on any atom is -0.497 e. The maximum Gasteiger partial charge on any atom is 0.289 e. The zero-order chi connectivity index (χ0) is 19.0. The Morgan fingerprint density at radius 3 is 2.74 bits per heavy atom. The predicted molar refractivity (Wildman–Crippen MR) is 103 cm³/mol. The van der Waals surface area contributed by atoms with Crippen LogP contribution in [0.4, 0.5) is 0 Å². The number of methoxy groups -OCH3 is 1. The Bertz CT molecular complexity index is 964. The van der Waals surface area contributed by atoms with Gasteiger partial charge in [0, 0.05) is 49.0 Å². The van der Waals surface area contributed by atoms with E-state index < -0.39 is 0 Å². The number of carbonyl (C=O) groups is 1. The topological polar surface area (TPSA) is 60.5 Å². The average molecular weight is 367 g/mol. The van der Waals surface area contributed by atoms with E-state index in [4.69, 9.17) is 9.15 Å². The molecule has 0 unspecified atom stereocenters. The van der Waals surface area contributed by atoms with E-state index in [9.17, 15) is 4.79 Å². The number of piperidine rings is 1. The fraction of sp³-hybridized carbons (Fsp3) is 0.429. The largest absolute Gasteiger partial charge is 0.497 e. The van der Waals surface area contributed by atoms with E-state index in [2.05, 4.69) is 9.55 Å². The fourth-order valence-corrected chi connectivity index (χ4v) is 3.87. The number of ether oxygens (including phenoxy) is 1. The van der Waals surface area contributed by atoms with Crippen molar-refractivity contribution in [1.29, 1.82) is 0 Å². The van der Waals surface area contributed by atoms with Crippen LogP contribution >= 0.6 is 0 Å². The molecule has 1 saturated heterocycles. The molecule has 2 aromatic heterocycles. The lowest BCUT2D eigenvalue weighted by atomic mass is 9.96. The molecule has 1 fully saturated rings. The number of rotatable bonds is 4. The molecule has 0 aliphatic carbocycles. The Labute approximate surface area is 158 Å². The summed E-state index contributed by atoms with van der Waals surface area (Å²) >= 11 is 0. The van der Waals surface area contributed by atoms with E-state index in [1.165, 1.54) is 0 Å². The standard InChI is InChI=1S/C21H25N3O3/c1-14-18-5-4-17(26-3)12-19(18)27-20(14)21(25)23-9-6-16(7-10-23)13-24-11-8-22-15(24)2/h4-5,8,11-12,16H,6-7,9-10,13H2,1-3H3. The van der Waals surface area contributed by atoms with Crippen LogP contribution in [0, 0.1) is 19.8 Å². The number of imidazole rings is 1. The molecule has 1 amide bonds. The van der Waals surface area contributed by atoms with Gasteiger partial charge in [-0.25, -0.2) is 4.98 Å². The van der Waals surface area contributed by atoms with Crippen molar-refractivity contribution in [3.05, 3.63) is 47.7 Å². The van der Waals surface area contributed by atoms with Crippen molar-refractivity contribution in [3.8, 4) is 5.75 Å². The molecular weight excluding hydrogens is 342 g/mol. The third-order valence-corrected chi connectivity index (χ3v) is 5.62. The first-order valence-electron chi connectivity index (χ1n) is 9.41. The quantitative estimate of drug-likeness (QED) is 0.704. The fourth-order valence-electron chi connectivity index (χ4n) is 3.87. The lowest BCUT2D eigenvalue weighted by Gasteiger charge is -2.32. The Morgan fingerprint density at radius 2 is 2.07 bits per heavy atom. The average Bonchev–Trinajstić information content (AvgIpc) is 3.24. The lowest BCUT2D eigenvalue weighted by Crippen LogP contribution is -2.39. The molecule has 3 heterocycles. The molecule has 0 N–H and O–H groups in total. The molecule has 1 aliphatic heterocycles. The van der Waals surface area contributed by atoms with Crippen LogP contribution in [0.2, 0.25) is 0 Å². The molecule has 27 heavy (non-hydrogen) atoms. The summed E-state index contributed by atoms with van der Waals surface area (Å²) in [7, 11) is 1.62. The van der Waals surface area contributed by atoms with Gasteiger partial charge in [0.25, 0.3) is 5.91 Å². The maximum atomic E-state index is 13.0. The van der Waals surface area contributed by atoms with Gasteiger partial charge in [-0.3, -0.25) is 4.79 Å². The van der Waals surface area contributed by atoms with E-state index in [-0.39, 0.29) is 5.91 Å². The van der Waals surface area contributed by atoms with Gasteiger partial charge in [-0.1, -0.05) is 0 Å². The molecule has 6 heteroatoms. The number of likely N-dealkylation sites (tertiary alicyclic amines) is 1. The van der Waals surface area contributed by atoms with Gasteiger partial charge in [-0.15, -0.1) is 0 Å². The van der Waals surface area contributed by atoms with E-state index in [1.807, 2.05) is 49.3 Å². The van der Waals surface area contributed by atoms with Crippen LogP contribution in [0.3, 0.4) is 0 Å². The SMILES string of the molecule is COc1ccc2c(C)c(C(=O)N3CCC(Cn4ccnc4C)CC3)oc2c1. The number of amides is 1. The van der Waals surface area contributed by atoms with E-state index >= 15 is 0 Å². The molecule has 0 radical (unpaired) electrons. The molecular formula is C21H25N3O3. The molecule has 0 atom stereocenters. The summed E-state index contributed by atoms with van der Waals surface area (Å²) in [5, 5.41) is 0.963. The Morgan fingerprint density at radius 1 is 1.30 bits per heavy atom. The van der Waals surface area contributed by atoms with Crippen LogP contribution in [0.25, 0.3) is 11.0 Å². The van der Waals surface area contributed by atoms with E-state index in [1.54, 1.807) is 7.11 Å². The van der Waals surface area contributed by atoms with Gasteiger partial charge in [-0.05, 0) is 44.7 Å². The number of furan rings is 1. The normalized spacial score (nSPS) is 15.4. The number of aryl methyl sites for hydroxylation is 2. The number of fused-ring (bicyclic) bond motifs is 1. The number of aromatic nitrogens is 2. The zero-order valence-corrected chi connectivity index (χ0v) is 16.1. The van der Waals surface area contributed by atoms with Gasteiger partial charge in [0.1, 0.15) is 17.2 Å². The van der Waals surface area contributed by atoms with Crippen LogP contribution in [0.5, 0.6) is 5.75 Å². The summed E-state index contributed by atoms with van der Waals surface area (Å²) < 4.78 is 13.3. The smallest absolute Gasteiger partial charge is 0.289 e. The summed E-state index contributed by atoms with van der Waals surface area (Å²) in [5.74, 6) is 2.78. The molecule has 4 rings (SSSR count). The molecule has 1 aromatic carbocycles. The van der Waals surface area contributed by atoms with Crippen molar-refractivity contribution in [2.75, 3.05) is 20.2 Å². The monoisotopic (exact) mass is 367 g/mol. The van der Waals surface area contributed by atoms with Crippen molar-refractivity contribution in [3.63, 3.8) is 0 Å². The van der Waals surface area contributed by atoms with Crippen molar-refractivity contribution < 1.29 is 13.9 Å². The highest BCUT2D eigenvalue weighted by molar-refractivity contribution is 5.99. The van der Waals surface area contributed by atoms with Crippen molar-refractivity contribution >= 4 is 16.9 Å². The van der Waals surface area contributed by atoms with Crippen LogP contribution in [0.15, 0.2) is 35.0 Å². The Hall–Kier alpha value is -2.76. The first-order chi connectivity index (χ1) is 13.1. The second-order valence-corrected chi connectivity index (χ2v) is 7.28. The maximum absolute atomic E-state index is 13.0. The summed E-state index contributed by atoms with van der Waals surface area (Å²) in [6, 6.07) is 5.67. The van der Waals surface area contributed by atoms with Gasteiger partial charge >= 0.3 is 0 Å². The number of nitrogens with zero attached hydrogens (tertiary/aromatic N) is 3. The summed E-state index contributed by atoms with van der Waals surface area (Å²) in [6.45, 7) is 6.46. The summed E-state index contributed by atoms with van der Waals surface area (Å²) in [4.78, 5) is 19.2. The summed E-state index contributed by atoms with van der Waals surface area (Å²) in [6.07, 6.45) is 5.86. The first-order valence-corrected chi connectivity index (χ1v) is 9.41. The molecule has 0 spiro atoms. The van der Waals surface area contributed by atoms with Gasteiger partial charge in [0.2, 0.25) is 0 Å². The molecule has 0 saturated carbocycles. The number of carbonyl (C=O) groups excluding carboxylic acids is 1.